The first-order valence-electron chi connectivity index (χ1n) is 9.31. The van der Waals surface area contributed by atoms with E-state index in [9.17, 15) is 14.4 Å². The Kier molecular flexibility index (Phi) is 6.79. The first kappa shape index (κ1) is 21.4. The number of amides is 2. The second kappa shape index (κ2) is 9.49. The predicted octanol–water partition coefficient (Wildman–Crippen LogP) is 4.09. The van der Waals surface area contributed by atoms with Crippen LogP contribution in [0, 0.1) is 6.92 Å². The third kappa shape index (κ3) is 4.83. The largest absolute Gasteiger partial charge is 0.490 e. The molecule has 1 saturated heterocycles. The molecule has 1 fully saturated rings. The second-order valence-corrected chi connectivity index (χ2v) is 7.48. The van der Waals surface area contributed by atoms with Crippen LogP contribution >= 0.6 is 11.8 Å². The van der Waals surface area contributed by atoms with Crippen molar-refractivity contribution in [2.75, 3.05) is 13.2 Å². The van der Waals surface area contributed by atoms with Gasteiger partial charge in [-0.2, -0.15) is 0 Å². The number of rotatable bonds is 8. The standard InChI is InChI=1S/C22H21NO6S/c1-3-28-17-10-6-9-15(20(17)29-13-19(24)25)11-18-21(26)23(22(27)30-18)12-16-8-5-4-7-14(16)2/h4-11H,3,12-13H2,1-2H3,(H,24,25)/b18-11-. The number of hydrogen-bond acceptors (Lipinski definition) is 6. The summed E-state index contributed by atoms with van der Waals surface area (Å²) in [5, 5.41) is 8.60. The van der Waals surface area contributed by atoms with E-state index in [0.717, 1.165) is 22.9 Å². The zero-order valence-electron chi connectivity index (χ0n) is 16.6. The Morgan fingerprint density at radius 1 is 1.13 bits per heavy atom. The molecule has 0 saturated carbocycles. The Morgan fingerprint density at radius 2 is 1.90 bits per heavy atom. The van der Waals surface area contributed by atoms with Crippen molar-refractivity contribution in [3.05, 3.63) is 64.1 Å². The summed E-state index contributed by atoms with van der Waals surface area (Å²) in [6.45, 7) is 3.72. The molecule has 7 nitrogen and oxygen atoms in total. The van der Waals surface area contributed by atoms with Crippen LogP contribution in [0.15, 0.2) is 47.4 Å². The molecule has 156 valence electrons. The monoisotopic (exact) mass is 427 g/mol. The van der Waals surface area contributed by atoms with Gasteiger partial charge in [-0.1, -0.05) is 36.4 Å². The lowest BCUT2D eigenvalue weighted by Crippen LogP contribution is -2.27. The molecule has 2 aromatic rings. The summed E-state index contributed by atoms with van der Waals surface area (Å²) in [6.07, 6.45) is 1.53. The van der Waals surface area contributed by atoms with Gasteiger partial charge in [-0.15, -0.1) is 0 Å². The normalized spacial score (nSPS) is 15.0. The minimum atomic E-state index is -1.13. The van der Waals surface area contributed by atoms with E-state index in [1.165, 1.54) is 11.0 Å². The molecule has 0 aliphatic carbocycles. The Morgan fingerprint density at radius 3 is 2.60 bits per heavy atom. The fraction of sp³-hybridized carbons (Fsp3) is 0.227. The summed E-state index contributed by atoms with van der Waals surface area (Å²) in [5.74, 6) is -0.954. The van der Waals surface area contributed by atoms with Gasteiger partial charge in [-0.05, 0) is 48.9 Å². The average molecular weight is 427 g/mol. The van der Waals surface area contributed by atoms with Gasteiger partial charge >= 0.3 is 5.97 Å². The van der Waals surface area contributed by atoms with Crippen molar-refractivity contribution in [3.8, 4) is 11.5 Å². The van der Waals surface area contributed by atoms with Gasteiger partial charge in [0.05, 0.1) is 18.1 Å². The van der Waals surface area contributed by atoms with Crippen molar-refractivity contribution in [2.45, 2.75) is 20.4 Å². The summed E-state index contributed by atoms with van der Waals surface area (Å²) in [4.78, 5) is 37.7. The summed E-state index contributed by atoms with van der Waals surface area (Å²) in [6, 6.07) is 12.6. The molecular formula is C22H21NO6S. The molecule has 1 heterocycles. The van der Waals surface area contributed by atoms with Crippen LogP contribution in [0.3, 0.4) is 0 Å². The Bertz CT molecular complexity index is 1020. The van der Waals surface area contributed by atoms with Crippen molar-refractivity contribution in [1.82, 2.24) is 4.90 Å². The molecule has 8 heteroatoms. The minimum Gasteiger partial charge on any atom is -0.490 e. The lowest BCUT2D eigenvalue weighted by Gasteiger charge is -2.14. The van der Waals surface area contributed by atoms with Gasteiger partial charge in [0, 0.05) is 5.56 Å². The van der Waals surface area contributed by atoms with Gasteiger partial charge in [0.25, 0.3) is 11.1 Å². The highest BCUT2D eigenvalue weighted by molar-refractivity contribution is 8.18. The van der Waals surface area contributed by atoms with Gasteiger partial charge in [0.15, 0.2) is 18.1 Å². The number of hydrogen-bond donors (Lipinski definition) is 1. The smallest absolute Gasteiger partial charge is 0.341 e. The predicted molar refractivity (Wildman–Crippen MR) is 113 cm³/mol. The fourth-order valence-corrected chi connectivity index (χ4v) is 3.77. The van der Waals surface area contributed by atoms with Crippen molar-refractivity contribution < 1.29 is 29.0 Å². The quantitative estimate of drug-likeness (QED) is 0.634. The van der Waals surface area contributed by atoms with Crippen molar-refractivity contribution in [2.24, 2.45) is 0 Å². The maximum absolute atomic E-state index is 12.9. The van der Waals surface area contributed by atoms with Crippen LogP contribution in [-0.4, -0.2) is 40.3 Å². The van der Waals surface area contributed by atoms with Crippen LogP contribution in [0.4, 0.5) is 4.79 Å². The topological polar surface area (TPSA) is 93.1 Å². The third-order valence-corrected chi connectivity index (χ3v) is 5.31. The summed E-state index contributed by atoms with van der Waals surface area (Å²) >= 11 is 0.840. The highest BCUT2D eigenvalue weighted by Gasteiger charge is 2.35. The van der Waals surface area contributed by atoms with Gasteiger partial charge in [-0.3, -0.25) is 14.5 Å². The fourth-order valence-electron chi connectivity index (χ4n) is 2.94. The number of benzene rings is 2. The maximum atomic E-state index is 12.9. The molecule has 0 radical (unpaired) electrons. The Hall–Kier alpha value is -3.26. The molecule has 1 N–H and O–H groups in total. The number of thioether (sulfide) groups is 1. The van der Waals surface area contributed by atoms with E-state index in [1.54, 1.807) is 25.1 Å². The molecular weight excluding hydrogens is 406 g/mol. The lowest BCUT2D eigenvalue weighted by atomic mass is 10.1. The number of nitrogens with zero attached hydrogens (tertiary/aromatic N) is 1. The average Bonchev–Trinajstić information content (AvgIpc) is 2.96. The number of carboxylic acid groups (broad SMARTS) is 1. The maximum Gasteiger partial charge on any atom is 0.341 e. The van der Waals surface area contributed by atoms with Crippen molar-refractivity contribution in [3.63, 3.8) is 0 Å². The zero-order chi connectivity index (χ0) is 21.7. The van der Waals surface area contributed by atoms with Crippen molar-refractivity contribution >= 4 is 35.0 Å². The van der Waals surface area contributed by atoms with Crippen LogP contribution in [0.5, 0.6) is 11.5 Å². The van der Waals surface area contributed by atoms with Crippen LogP contribution < -0.4 is 9.47 Å². The van der Waals surface area contributed by atoms with E-state index in [1.807, 2.05) is 31.2 Å². The highest BCUT2D eigenvalue weighted by Crippen LogP contribution is 2.38. The molecule has 2 aromatic carbocycles. The first-order valence-corrected chi connectivity index (χ1v) is 10.1. The van der Waals surface area contributed by atoms with E-state index in [4.69, 9.17) is 14.6 Å². The summed E-state index contributed by atoms with van der Waals surface area (Å²) in [7, 11) is 0. The number of imide groups is 1. The number of aliphatic carboxylic acids is 1. The molecule has 1 aliphatic rings. The second-order valence-electron chi connectivity index (χ2n) is 6.48. The molecule has 0 atom stereocenters. The van der Waals surface area contributed by atoms with Crippen LogP contribution in [0.2, 0.25) is 0 Å². The molecule has 0 spiro atoms. The first-order chi connectivity index (χ1) is 14.4. The van der Waals surface area contributed by atoms with Crippen LogP contribution in [0.1, 0.15) is 23.6 Å². The van der Waals surface area contributed by atoms with Gasteiger partial charge < -0.3 is 14.6 Å². The van der Waals surface area contributed by atoms with E-state index in [-0.39, 0.29) is 22.4 Å². The van der Waals surface area contributed by atoms with Gasteiger partial charge in [-0.25, -0.2) is 4.79 Å². The number of carbonyl (C=O) groups excluding carboxylic acids is 2. The summed E-state index contributed by atoms with van der Waals surface area (Å²) < 4.78 is 10.9. The molecule has 1 aliphatic heterocycles. The molecule has 2 amide bonds. The van der Waals surface area contributed by atoms with Crippen molar-refractivity contribution in [1.29, 1.82) is 0 Å². The Labute approximate surface area is 178 Å². The molecule has 3 rings (SSSR count). The number of aryl methyl sites for hydroxylation is 1. The Balaban J connectivity index is 1.90. The highest BCUT2D eigenvalue weighted by atomic mass is 32.2. The number of carbonyl (C=O) groups is 3. The van der Waals surface area contributed by atoms with Gasteiger partial charge in [0.1, 0.15) is 0 Å². The minimum absolute atomic E-state index is 0.191. The molecule has 30 heavy (non-hydrogen) atoms. The zero-order valence-corrected chi connectivity index (χ0v) is 17.4. The molecule has 0 unspecified atom stereocenters. The summed E-state index contributed by atoms with van der Waals surface area (Å²) in [5.41, 5.74) is 2.35. The molecule has 0 bridgehead atoms. The molecule has 0 aromatic heterocycles. The van der Waals surface area contributed by atoms with E-state index < -0.39 is 18.5 Å². The number of para-hydroxylation sites is 1. The van der Waals surface area contributed by atoms with Crippen LogP contribution in [-0.2, 0) is 16.1 Å². The third-order valence-electron chi connectivity index (χ3n) is 4.40. The van der Waals surface area contributed by atoms with Gasteiger partial charge in [0.2, 0.25) is 0 Å². The van der Waals surface area contributed by atoms with E-state index >= 15 is 0 Å². The SMILES string of the molecule is CCOc1cccc(/C=C2\SC(=O)N(Cc3ccccc3C)C2=O)c1OCC(=O)O. The lowest BCUT2D eigenvalue weighted by molar-refractivity contribution is -0.139. The van der Waals surface area contributed by atoms with E-state index in [2.05, 4.69) is 0 Å². The number of ether oxygens (including phenoxy) is 2. The number of carboxylic acids is 1. The van der Waals surface area contributed by atoms with Crippen LogP contribution in [0.25, 0.3) is 6.08 Å². The van der Waals surface area contributed by atoms with E-state index in [0.29, 0.717) is 17.9 Å².